The van der Waals surface area contributed by atoms with Gasteiger partial charge in [-0.15, -0.1) is 0 Å². The van der Waals surface area contributed by atoms with Gasteiger partial charge in [-0.05, 0) is 50.3 Å². The van der Waals surface area contributed by atoms with E-state index in [0.29, 0.717) is 6.04 Å². The van der Waals surface area contributed by atoms with Crippen LogP contribution in [0.3, 0.4) is 0 Å². The van der Waals surface area contributed by atoms with Gasteiger partial charge in [0.25, 0.3) is 0 Å². The third-order valence-corrected chi connectivity index (χ3v) is 4.19. The SMILES string of the molecule is COc1ccc(CC(C)NCCC(C)SC)cc1. The molecule has 0 aliphatic rings. The number of thioether (sulfide) groups is 1. The van der Waals surface area contributed by atoms with Crippen molar-refractivity contribution in [2.75, 3.05) is 19.9 Å². The van der Waals surface area contributed by atoms with Crippen molar-refractivity contribution in [1.82, 2.24) is 5.32 Å². The highest BCUT2D eigenvalue weighted by atomic mass is 32.2. The van der Waals surface area contributed by atoms with Gasteiger partial charge in [-0.2, -0.15) is 11.8 Å². The third kappa shape index (κ3) is 5.78. The van der Waals surface area contributed by atoms with Crippen molar-refractivity contribution in [3.8, 4) is 5.75 Å². The van der Waals surface area contributed by atoms with E-state index in [9.17, 15) is 0 Å². The lowest BCUT2D eigenvalue weighted by molar-refractivity contribution is 0.414. The van der Waals surface area contributed by atoms with E-state index in [-0.39, 0.29) is 0 Å². The third-order valence-electron chi connectivity index (χ3n) is 3.15. The van der Waals surface area contributed by atoms with Gasteiger partial charge in [-0.1, -0.05) is 19.1 Å². The Bertz CT molecular complexity index is 326. The van der Waals surface area contributed by atoms with Crippen LogP contribution in [0.1, 0.15) is 25.8 Å². The van der Waals surface area contributed by atoms with Crippen LogP contribution < -0.4 is 10.1 Å². The summed E-state index contributed by atoms with van der Waals surface area (Å²) in [4.78, 5) is 0. The van der Waals surface area contributed by atoms with Crippen LogP contribution in [0.5, 0.6) is 5.75 Å². The molecule has 1 rings (SSSR count). The Hall–Kier alpha value is -0.670. The number of hydrogen-bond donors (Lipinski definition) is 1. The summed E-state index contributed by atoms with van der Waals surface area (Å²) < 4.78 is 5.16. The molecule has 0 amide bonds. The molecule has 0 aliphatic heterocycles. The molecule has 0 aliphatic carbocycles. The van der Waals surface area contributed by atoms with Crippen molar-refractivity contribution in [1.29, 1.82) is 0 Å². The van der Waals surface area contributed by atoms with E-state index < -0.39 is 0 Å². The monoisotopic (exact) mass is 267 g/mol. The molecular formula is C15H25NOS. The highest BCUT2D eigenvalue weighted by Gasteiger charge is 2.04. The fraction of sp³-hybridized carbons (Fsp3) is 0.600. The fourth-order valence-electron chi connectivity index (χ4n) is 1.84. The Morgan fingerprint density at radius 3 is 2.44 bits per heavy atom. The van der Waals surface area contributed by atoms with Crippen molar-refractivity contribution in [2.24, 2.45) is 0 Å². The van der Waals surface area contributed by atoms with Gasteiger partial charge in [-0.25, -0.2) is 0 Å². The first-order valence-corrected chi connectivity index (χ1v) is 7.83. The lowest BCUT2D eigenvalue weighted by atomic mass is 10.1. The second kappa shape index (κ2) is 8.44. The molecule has 2 atom stereocenters. The molecule has 0 spiro atoms. The van der Waals surface area contributed by atoms with Crippen LogP contribution in [0.15, 0.2) is 24.3 Å². The molecule has 0 saturated carbocycles. The Morgan fingerprint density at radius 1 is 1.22 bits per heavy atom. The van der Waals surface area contributed by atoms with Crippen molar-refractivity contribution < 1.29 is 4.74 Å². The maximum absolute atomic E-state index is 5.16. The minimum absolute atomic E-state index is 0.521. The highest BCUT2D eigenvalue weighted by Crippen LogP contribution is 2.13. The van der Waals surface area contributed by atoms with Crippen molar-refractivity contribution in [3.05, 3.63) is 29.8 Å². The fourth-order valence-corrected chi connectivity index (χ4v) is 2.19. The second-order valence-electron chi connectivity index (χ2n) is 4.74. The molecular weight excluding hydrogens is 242 g/mol. The summed E-state index contributed by atoms with van der Waals surface area (Å²) in [6.45, 7) is 5.62. The topological polar surface area (TPSA) is 21.3 Å². The molecule has 0 fully saturated rings. The van der Waals surface area contributed by atoms with E-state index >= 15 is 0 Å². The van der Waals surface area contributed by atoms with E-state index in [1.165, 1.54) is 12.0 Å². The Morgan fingerprint density at radius 2 is 1.89 bits per heavy atom. The maximum Gasteiger partial charge on any atom is 0.118 e. The normalized spacial score (nSPS) is 14.2. The van der Waals surface area contributed by atoms with Gasteiger partial charge in [0, 0.05) is 11.3 Å². The van der Waals surface area contributed by atoms with Crippen LogP contribution >= 0.6 is 11.8 Å². The number of methoxy groups -OCH3 is 1. The summed E-state index contributed by atoms with van der Waals surface area (Å²) >= 11 is 1.93. The van der Waals surface area contributed by atoms with Gasteiger partial charge < -0.3 is 10.1 Å². The predicted molar refractivity (Wildman–Crippen MR) is 81.8 cm³/mol. The molecule has 2 unspecified atom stereocenters. The summed E-state index contributed by atoms with van der Waals surface area (Å²) in [5.74, 6) is 0.924. The minimum atomic E-state index is 0.521. The van der Waals surface area contributed by atoms with Gasteiger partial charge in [-0.3, -0.25) is 0 Å². The van der Waals surface area contributed by atoms with E-state index in [0.717, 1.165) is 24.0 Å². The Labute approximate surface area is 116 Å². The van der Waals surface area contributed by atoms with Crippen LogP contribution in [0, 0.1) is 0 Å². The van der Waals surface area contributed by atoms with Crippen molar-refractivity contribution in [2.45, 2.75) is 38.0 Å². The zero-order valence-electron chi connectivity index (χ0n) is 11.9. The first-order chi connectivity index (χ1) is 8.65. The molecule has 102 valence electrons. The molecule has 18 heavy (non-hydrogen) atoms. The van der Waals surface area contributed by atoms with Crippen LogP contribution in [0.2, 0.25) is 0 Å². The molecule has 1 aromatic carbocycles. The first kappa shape index (κ1) is 15.4. The largest absolute Gasteiger partial charge is 0.497 e. The van der Waals surface area contributed by atoms with Gasteiger partial charge in [0.2, 0.25) is 0 Å². The van der Waals surface area contributed by atoms with Crippen LogP contribution in [0.4, 0.5) is 0 Å². The van der Waals surface area contributed by atoms with E-state index in [2.05, 4.69) is 37.6 Å². The predicted octanol–water partition coefficient (Wildman–Crippen LogP) is 3.36. The first-order valence-electron chi connectivity index (χ1n) is 6.54. The van der Waals surface area contributed by atoms with Crippen molar-refractivity contribution in [3.63, 3.8) is 0 Å². The summed E-state index contributed by atoms with van der Waals surface area (Å²) in [6.07, 6.45) is 4.47. The summed E-state index contributed by atoms with van der Waals surface area (Å²) in [6, 6.07) is 8.85. The van der Waals surface area contributed by atoms with Gasteiger partial charge in [0.05, 0.1) is 7.11 Å². The maximum atomic E-state index is 5.16. The lowest BCUT2D eigenvalue weighted by Crippen LogP contribution is -2.30. The molecule has 1 aromatic rings. The Kier molecular flexibility index (Phi) is 7.21. The smallest absolute Gasteiger partial charge is 0.118 e. The number of ether oxygens (including phenoxy) is 1. The number of benzene rings is 1. The van der Waals surface area contributed by atoms with Crippen LogP contribution in [-0.2, 0) is 6.42 Å². The van der Waals surface area contributed by atoms with E-state index in [1.54, 1.807) is 7.11 Å². The Balaban J connectivity index is 2.28. The molecule has 3 heteroatoms. The molecule has 0 saturated heterocycles. The average molecular weight is 267 g/mol. The summed E-state index contributed by atoms with van der Waals surface area (Å²) in [7, 11) is 1.70. The quantitative estimate of drug-likeness (QED) is 0.780. The number of hydrogen-bond acceptors (Lipinski definition) is 3. The van der Waals surface area contributed by atoms with Crippen LogP contribution in [-0.4, -0.2) is 31.2 Å². The summed E-state index contributed by atoms with van der Waals surface area (Å²) in [5.41, 5.74) is 1.36. The molecule has 0 aromatic heterocycles. The van der Waals surface area contributed by atoms with E-state index in [4.69, 9.17) is 4.74 Å². The molecule has 0 bridgehead atoms. The molecule has 0 radical (unpaired) electrons. The zero-order valence-corrected chi connectivity index (χ0v) is 12.7. The van der Waals surface area contributed by atoms with Gasteiger partial charge in [0.1, 0.15) is 5.75 Å². The molecule has 1 N–H and O–H groups in total. The molecule has 2 nitrogen and oxygen atoms in total. The highest BCUT2D eigenvalue weighted by molar-refractivity contribution is 7.99. The number of rotatable bonds is 8. The van der Waals surface area contributed by atoms with Crippen LogP contribution in [0.25, 0.3) is 0 Å². The van der Waals surface area contributed by atoms with Crippen molar-refractivity contribution >= 4 is 11.8 Å². The standard InChI is InChI=1S/C15H25NOS/c1-12(16-10-9-13(2)18-4)11-14-5-7-15(17-3)8-6-14/h5-8,12-13,16H,9-11H2,1-4H3. The minimum Gasteiger partial charge on any atom is -0.497 e. The molecule has 0 heterocycles. The van der Waals surface area contributed by atoms with Gasteiger partial charge >= 0.3 is 0 Å². The number of nitrogens with one attached hydrogen (secondary N) is 1. The zero-order chi connectivity index (χ0) is 13.4. The lowest BCUT2D eigenvalue weighted by Gasteiger charge is -2.15. The summed E-state index contributed by atoms with van der Waals surface area (Å²) in [5, 5.41) is 4.32. The second-order valence-corrected chi connectivity index (χ2v) is 6.02. The van der Waals surface area contributed by atoms with E-state index in [1.807, 2.05) is 23.9 Å². The van der Waals surface area contributed by atoms with Gasteiger partial charge in [0.15, 0.2) is 0 Å². The average Bonchev–Trinajstić information content (AvgIpc) is 2.39.